The van der Waals surface area contributed by atoms with Crippen LogP contribution in [0.1, 0.15) is 53.0 Å². The zero-order valence-electron chi connectivity index (χ0n) is 15.8. The fourth-order valence-corrected chi connectivity index (χ4v) is 3.46. The second kappa shape index (κ2) is 7.42. The van der Waals surface area contributed by atoms with Gasteiger partial charge in [-0.2, -0.15) is 0 Å². The van der Waals surface area contributed by atoms with Crippen molar-refractivity contribution in [3.05, 3.63) is 35.9 Å². The minimum absolute atomic E-state index is 0.0441. The summed E-state index contributed by atoms with van der Waals surface area (Å²) in [7, 11) is 1.65. The van der Waals surface area contributed by atoms with Crippen LogP contribution in [0.2, 0.25) is 0 Å². The molecule has 0 saturated heterocycles. The first-order valence-corrected chi connectivity index (χ1v) is 8.94. The highest BCUT2D eigenvalue weighted by molar-refractivity contribution is 6.06. The predicted octanol–water partition coefficient (Wildman–Crippen LogP) is 5.10. The molecule has 3 heteroatoms. The second-order valence-corrected chi connectivity index (χ2v) is 7.37. The van der Waals surface area contributed by atoms with Crippen molar-refractivity contribution in [2.45, 2.75) is 53.6 Å². The molecule has 0 aliphatic heterocycles. The Hall–Kier alpha value is -1.77. The van der Waals surface area contributed by atoms with E-state index in [1.807, 2.05) is 24.3 Å². The third-order valence-corrected chi connectivity index (χ3v) is 4.75. The quantitative estimate of drug-likeness (QED) is 0.622. The molecule has 2 rings (SSSR count). The fraction of sp³-hybridized carbons (Fsp3) is 0.571. The number of carbonyl (C=O) groups is 1. The first kappa shape index (κ1) is 18.6. The first-order valence-electron chi connectivity index (χ1n) is 8.94. The Morgan fingerprint density at radius 2 is 1.67 bits per heavy atom. The number of benzene rings is 1. The molecule has 1 aromatic carbocycles. The SMILES string of the molecule is CCC[C@@]1(C(=O)OC(C(C)C)C(C)C)C=C1c1ccc(OC)cc1. The van der Waals surface area contributed by atoms with E-state index in [2.05, 4.69) is 40.7 Å². The fourth-order valence-electron chi connectivity index (χ4n) is 3.46. The van der Waals surface area contributed by atoms with Gasteiger partial charge < -0.3 is 9.47 Å². The maximum atomic E-state index is 12.9. The van der Waals surface area contributed by atoms with Gasteiger partial charge in [0.05, 0.1) is 7.11 Å². The van der Waals surface area contributed by atoms with Gasteiger partial charge >= 0.3 is 5.97 Å². The van der Waals surface area contributed by atoms with Crippen molar-refractivity contribution >= 4 is 11.5 Å². The summed E-state index contributed by atoms with van der Waals surface area (Å²) in [6.07, 6.45) is 3.77. The number of esters is 1. The lowest BCUT2D eigenvalue weighted by molar-refractivity contribution is -0.159. The van der Waals surface area contributed by atoms with Gasteiger partial charge in [-0.1, -0.05) is 59.2 Å². The molecule has 24 heavy (non-hydrogen) atoms. The molecule has 0 amide bonds. The van der Waals surface area contributed by atoms with E-state index in [1.54, 1.807) is 7.11 Å². The van der Waals surface area contributed by atoms with Crippen molar-refractivity contribution in [3.63, 3.8) is 0 Å². The molecular formula is C21H30O3. The van der Waals surface area contributed by atoms with E-state index in [4.69, 9.17) is 9.47 Å². The normalized spacial score (nSPS) is 19.6. The van der Waals surface area contributed by atoms with Gasteiger partial charge in [0, 0.05) is 0 Å². The van der Waals surface area contributed by atoms with Crippen LogP contribution in [-0.4, -0.2) is 19.2 Å². The van der Waals surface area contributed by atoms with Crippen molar-refractivity contribution in [3.8, 4) is 5.75 Å². The Morgan fingerprint density at radius 1 is 1.08 bits per heavy atom. The van der Waals surface area contributed by atoms with Crippen LogP contribution in [0.3, 0.4) is 0 Å². The molecule has 3 nitrogen and oxygen atoms in total. The maximum Gasteiger partial charge on any atom is 0.320 e. The van der Waals surface area contributed by atoms with Crippen molar-refractivity contribution in [1.29, 1.82) is 0 Å². The maximum absolute atomic E-state index is 12.9. The average molecular weight is 330 g/mol. The van der Waals surface area contributed by atoms with Crippen molar-refractivity contribution in [2.75, 3.05) is 7.11 Å². The van der Waals surface area contributed by atoms with Crippen LogP contribution < -0.4 is 4.74 Å². The Bertz CT molecular complexity index is 590. The molecule has 0 N–H and O–H groups in total. The highest BCUT2D eigenvalue weighted by Gasteiger charge is 2.52. The van der Waals surface area contributed by atoms with Crippen LogP contribution in [0.15, 0.2) is 30.3 Å². The van der Waals surface area contributed by atoms with Crippen LogP contribution in [-0.2, 0) is 9.53 Å². The topological polar surface area (TPSA) is 35.5 Å². The third kappa shape index (κ3) is 3.66. The van der Waals surface area contributed by atoms with E-state index in [-0.39, 0.29) is 12.1 Å². The molecule has 132 valence electrons. The summed E-state index contributed by atoms with van der Waals surface area (Å²) in [6, 6.07) is 7.89. The molecule has 0 spiro atoms. The van der Waals surface area contributed by atoms with Gasteiger partial charge in [0.2, 0.25) is 0 Å². The van der Waals surface area contributed by atoms with Crippen LogP contribution in [0.25, 0.3) is 5.57 Å². The van der Waals surface area contributed by atoms with Crippen molar-refractivity contribution in [2.24, 2.45) is 17.3 Å². The van der Waals surface area contributed by atoms with Crippen LogP contribution in [0, 0.1) is 17.3 Å². The smallest absolute Gasteiger partial charge is 0.320 e. The number of hydrogen-bond donors (Lipinski definition) is 0. The standard InChI is InChI=1S/C21H30O3/c1-7-12-21(20(22)24-19(14(2)3)15(4)5)13-18(21)16-8-10-17(23-6)11-9-16/h8-11,13-15,19H,7,12H2,1-6H3/t21-/m1/s1. The van der Waals surface area contributed by atoms with Crippen LogP contribution in [0.4, 0.5) is 0 Å². The number of rotatable bonds is 8. The predicted molar refractivity (Wildman–Crippen MR) is 97.9 cm³/mol. The molecule has 0 aromatic heterocycles. The summed E-state index contributed by atoms with van der Waals surface area (Å²) in [5.41, 5.74) is 1.63. The zero-order valence-corrected chi connectivity index (χ0v) is 15.8. The van der Waals surface area contributed by atoms with Crippen LogP contribution >= 0.6 is 0 Å². The number of hydrogen-bond acceptors (Lipinski definition) is 3. The number of carbonyl (C=O) groups excluding carboxylic acids is 1. The van der Waals surface area contributed by atoms with Gasteiger partial charge in [-0.3, -0.25) is 4.79 Å². The summed E-state index contributed by atoms with van der Waals surface area (Å²) in [5.74, 6) is 1.36. The average Bonchev–Trinajstić information content (AvgIpc) is 3.27. The molecule has 0 radical (unpaired) electrons. The van der Waals surface area contributed by atoms with Gasteiger partial charge in [0.1, 0.15) is 17.3 Å². The van der Waals surface area contributed by atoms with E-state index >= 15 is 0 Å². The van der Waals surface area contributed by atoms with E-state index < -0.39 is 5.41 Å². The molecule has 0 bridgehead atoms. The zero-order chi connectivity index (χ0) is 17.9. The van der Waals surface area contributed by atoms with E-state index in [9.17, 15) is 4.79 Å². The molecule has 0 heterocycles. The van der Waals surface area contributed by atoms with Gasteiger partial charge in [-0.15, -0.1) is 0 Å². The lowest BCUT2D eigenvalue weighted by Gasteiger charge is -2.28. The van der Waals surface area contributed by atoms with E-state index in [0.717, 1.165) is 29.7 Å². The molecule has 1 atom stereocenters. The third-order valence-electron chi connectivity index (χ3n) is 4.75. The van der Waals surface area contributed by atoms with Gasteiger partial charge in [0.25, 0.3) is 0 Å². The van der Waals surface area contributed by atoms with E-state index in [1.165, 1.54) is 0 Å². The summed E-state index contributed by atoms with van der Waals surface area (Å²) in [5, 5.41) is 0. The van der Waals surface area contributed by atoms with Gasteiger partial charge in [-0.25, -0.2) is 0 Å². The second-order valence-electron chi connectivity index (χ2n) is 7.37. The molecule has 1 aliphatic rings. The largest absolute Gasteiger partial charge is 0.497 e. The molecule has 0 unspecified atom stereocenters. The minimum Gasteiger partial charge on any atom is -0.497 e. The van der Waals surface area contributed by atoms with Crippen LogP contribution in [0.5, 0.6) is 5.75 Å². The van der Waals surface area contributed by atoms with Crippen molar-refractivity contribution in [1.82, 2.24) is 0 Å². The summed E-state index contributed by atoms with van der Waals surface area (Å²) >= 11 is 0. The number of ether oxygens (including phenoxy) is 2. The Balaban J connectivity index is 2.16. The highest BCUT2D eigenvalue weighted by atomic mass is 16.5. The van der Waals surface area contributed by atoms with Gasteiger partial charge in [-0.05, 0) is 41.5 Å². The Morgan fingerprint density at radius 3 is 2.12 bits per heavy atom. The lowest BCUT2D eigenvalue weighted by Crippen LogP contribution is -2.33. The summed E-state index contributed by atoms with van der Waals surface area (Å²) < 4.78 is 11.1. The summed E-state index contributed by atoms with van der Waals surface area (Å²) in [4.78, 5) is 12.9. The number of methoxy groups -OCH3 is 1. The summed E-state index contributed by atoms with van der Waals surface area (Å²) in [6.45, 7) is 10.5. The molecule has 0 fully saturated rings. The molecule has 0 saturated carbocycles. The van der Waals surface area contributed by atoms with E-state index in [0.29, 0.717) is 11.8 Å². The Labute approximate surface area is 146 Å². The minimum atomic E-state index is -0.536. The van der Waals surface area contributed by atoms with Crippen molar-refractivity contribution < 1.29 is 14.3 Å². The lowest BCUT2D eigenvalue weighted by atomic mass is 9.90. The molecule has 1 aliphatic carbocycles. The molecular weight excluding hydrogens is 300 g/mol. The molecule has 1 aromatic rings. The monoisotopic (exact) mass is 330 g/mol. The first-order chi connectivity index (χ1) is 11.4. The van der Waals surface area contributed by atoms with Gasteiger partial charge in [0.15, 0.2) is 0 Å². The Kier molecular flexibility index (Phi) is 5.74. The highest BCUT2D eigenvalue weighted by Crippen LogP contribution is 2.55.